The highest BCUT2D eigenvalue weighted by molar-refractivity contribution is 7.80. The zero-order valence-corrected chi connectivity index (χ0v) is 14.8. The number of hydrogen-bond donors (Lipinski definition) is 2. The van der Waals surface area contributed by atoms with Crippen LogP contribution in [0.25, 0.3) is 0 Å². The van der Waals surface area contributed by atoms with E-state index in [1.54, 1.807) is 24.3 Å². The fourth-order valence-corrected chi connectivity index (χ4v) is 2.51. The Bertz CT molecular complexity index is 866. The van der Waals surface area contributed by atoms with Crippen LogP contribution < -0.4 is 15.4 Å². The molecule has 0 fully saturated rings. The first kappa shape index (κ1) is 17.6. The number of anilines is 1. The molecule has 0 radical (unpaired) electrons. The van der Waals surface area contributed by atoms with Crippen LogP contribution in [0.5, 0.6) is 5.75 Å². The predicted octanol–water partition coefficient (Wildman–Crippen LogP) is 4.39. The van der Waals surface area contributed by atoms with E-state index in [0.29, 0.717) is 17.9 Å². The maximum absolute atomic E-state index is 12.3. The van der Waals surface area contributed by atoms with Gasteiger partial charge in [0.25, 0.3) is 5.91 Å². The molecule has 0 aliphatic rings. The Morgan fingerprint density at radius 3 is 2.12 bits per heavy atom. The monoisotopic (exact) mass is 362 g/mol. The minimum atomic E-state index is -0.270. The third kappa shape index (κ3) is 5.16. The van der Waals surface area contributed by atoms with Crippen molar-refractivity contribution in [3.05, 3.63) is 96.1 Å². The Morgan fingerprint density at radius 2 is 1.46 bits per heavy atom. The van der Waals surface area contributed by atoms with Gasteiger partial charge in [0.2, 0.25) is 0 Å². The fourth-order valence-electron chi connectivity index (χ4n) is 2.30. The number of carbonyl (C=O) groups excluding carboxylic acids is 1. The van der Waals surface area contributed by atoms with Crippen molar-refractivity contribution in [3.8, 4) is 5.75 Å². The lowest BCUT2D eigenvalue weighted by Crippen LogP contribution is -2.34. The van der Waals surface area contributed by atoms with E-state index < -0.39 is 0 Å². The molecule has 0 aromatic heterocycles. The van der Waals surface area contributed by atoms with Crippen LogP contribution in [-0.2, 0) is 6.61 Å². The van der Waals surface area contributed by atoms with E-state index >= 15 is 0 Å². The number of ether oxygens (including phenoxy) is 1. The predicted molar refractivity (Wildman–Crippen MR) is 107 cm³/mol. The maximum atomic E-state index is 12.3. The van der Waals surface area contributed by atoms with Crippen molar-refractivity contribution >= 4 is 28.9 Å². The van der Waals surface area contributed by atoms with Gasteiger partial charge in [0.05, 0.1) is 0 Å². The van der Waals surface area contributed by atoms with Gasteiger partial charge in [0.1, 0.15) is 12.4 Å². The second kappa shape index (κ2) is 8.78. The molecule has 3 aromatic carbocycles. The Kier molecular flexibility index (Phi) is 5.96. The summed E-state index contributed by atoms with van der Waals surface area (Å²) in [5.74, 6) is 0.434. The van der Waals surface area contributed by atoms with Gasteiger partial charge in [0.15, 0.2) is 5.11 Å². The molecule has 0 aliphatic heterocycles. The minimum absolute atomic E-state index is 0.255. The number of thiocarbonyl (C=S) groups is 1. The van der Waals surface area contributed by atoms with Gasteiger partial charge in [-0.2, -0.15) is 0 Å². The number of nitrogens with one attached hydrogen (secondary N) is 2. The second-order valence-electron chi connectivity index (χ2n) is 5.57. The van der Waals surface area contributed by atoms with Crippen LogP contribution >= 0.6 is 12.2 Å². The highest BCUT2D eigenvalue weighted by Crippen LogP contribution is 2.14. The molecule has 0 saturated carbocycles. The van der Waals surface area contributed by atoms with Gasteiger partial charge in [-0.25, -0.2) is 0 Å². The van der Waals surface area contributed by atoms with Gasteiger partial charge in [-0.3, -0.25) is 10.1 Å². The van der Waals surface area contributed by atoms with Crippen LogP contribution in [0.1, 0.15) is 15.9 Å². The average Bonchev–Trinajstić information content (AvgIpc) is 2.68. The van der Waals surface area contributed by atoms with Crippen LogP contribution in [0.2, 0.25) is 0 Å². The largest absolute Gasteiger partial charge is 0.489 e. The number of amides is 1. The van der Waals surface area contributed by atoms with Crippen molar-refractivity contribution in [3.63, 3.8) is 0 Å². The molecule has 4 nitrogen and oxygen atoms in total. The SMILES string of the molecule is O=C(NC(=S)Nc1ccccc1)c1ccc(OCc2ccccc2)cc1. The molecule has 0 saturated heterocycles. The number of para-hydroxylation sites is 1. The summed E-state index contributed by atoms with van der Waals surface area (Å²) in [7, 11) is 0. The minimum Gasteiger partial charge on any atom is -0.489 e. The van der Waals surface area contributed by atoms with Crippen LogP contribution in [0.3, 0.4) is 0 Å². The maximum Gasteiger partial charge on any atom is 0.257 e. The van der Waals surface area contributed by atoms with E-state index in [-0.39, 0.29) is 11.0 Å². The molecule has 0 heterocycles. The van der Waals surface area contributed by atoms with Crippen molar-refractivity contribution in [2.45, 2.75) is 6.61 Å². The zero-order valence-electron chi connectivity index (χ0n) is 14.0. The Hall–Kier alpha value is -3.18. The summed E-state index contributed by atoms with van der Waals surface area (Å²) in [6.07, 6.45) is 0. The summed E-state index contributed by atoms with van der Waals surface area (Å²) < 4.78 is 5.72. The van der Waals surface area contributed by atoms with E-state index in [2.05, 4.69) is 10.6 Å². The standard InChI is InChI=1S/C21H18N2O2S/c24-20(23-21(26)22-18-9-5-2-6-10-18)17-11-13-19(14-12-17)25-15-16-7-3-1-4-8-16/h1-14H,15H2,(H2,22,23,24,26). The number of carbonyl (C=O) groups is 1. The van der Waals surface area contributed by atoms with Crippen molar-refractivity contribution < 1.29 is 9.53 Å². The Morgan fingerprint density at radius 1 is 0.846 bits per heavy atom. The highest BCUT2D eigenvalue weighted by atomic mass is 32.1. The van der Waals surface area contributed by atoms with E-state index in [9.17, 15) is 4.79 Å². The van der Waals surface area contributed by atoms with Gasteiger partial charge in [-0.15, -0.1) is 0 Å². The van der Waals surface area contributed by atoms with Crippen LogP contribution in [0.4, 0.5) is 5.69 Å². The molecule has 5 heteroatoms. The van der Waals surface area contributed by atoms with E-state index in [0.717, 1.165) is 11.3 Å². The molecule has 0 atom stereocenters. The molecule has 26 heavy (non-hydrogen) atoms. The third-order valence-corrected chi connectivity index (χ3v) is 3.83. The molecule has 0 aliphatic carbocycles. The summed E-state index contributed by atoms with van der Waals surface area (Å²) in [5, 5.41) is 5.88. The van der Waals surface area contributed by atoms with E-state index in [1.165, 1.54) is 0 Å². The first-order valence-electron chi connectivity index (χ1n) is 8.15. The van der Waals surface area contributed by atoms with Crippen LogP contribution in [0, 0.1) is 0 Å². The Balaban J connectivity index is 1.52. The van der Waals surface area contributed by atoms with Crippen LogP contribution in [0.15, 0.2) is 84.9 Å². The first-order valence-corrected chi connectivity index (χ1v) is 8.56. The van der Waals surface area contributed by atoms with Crippen molar-refractivity contribution in [2.24, 2.45) is 0 Å². The summed E-state index contributed by atoms with van der Waals surface area (Å²) in [5.41, 5.74) is 2.42. The first-order chi connectivity index (χ1) is 12.7. The molecular formula is C21H18N2O2S. The lowest BCUT2D eigenvalue weighted by molar-refractivity contribution is 0.0977. The molecule has 3 rings (SSSR count). The zero-order chi connectivity index (χ0) is 18.2. The fraction of sp³-hybridized carbons (Fsp3) is 0.0476. The van der Waals surface area contributed by atoms with E-state index in [4.69, 9.17) is 17.0 Å². The van der Waals surface area contributed by atoms with Crippen molar-refractivity contribution in [2.75, 3.05) is 5.32 Å². The topological polar surface area (TPSA) is 50.4 Å². The van der Waals surface area contributed by atoms with Crippen molar-refractivity contribution in [1.82, 2.24) is 5.32 Å². The van der Waals surface area contributed by atoms with Gasteiger partial charge < -0.3 is 10.1 Å². The molecule has 130 valence electrons. The van der Waals surface area contributed by atoms with E-state index in [1.807, 2.05) is 60.7 Å². The van der Waals surface area contributed by atoms with Crippen LogP contribution in [-0.4, -0.2) is 11.0 Å². The van der Waals surface area contributed by atoms with Gasteiger partial charge >= 0.3 is 0 Å². The molecule has 0 unspecified atom stereocenters. The summed E-state index contributed by atoms with van der Waals surface area (Å²) >= 11 is 5.17. The summed E-state index contributed by atoms with van der Waals surface area (Å²) in [4.78, 5) is 12.3. The molecule has 1 amide bonds. The lowest BCUT2D eigenvalue weighted by Gasteiger charge is -2.10. The quantitative estimate of drug-likeness (QED) is 0.661. The second-order valence-corrected chi connectivity index (χ2v) is 5.98. The molecule has 3 aromatic rings. The van der Waals surface area contributed by atoms with Gasteiger partial charge in [-0.1, -0.05) is 48.5 Å². The third-order valence-electron chi connectivity index (χ3n) is 3.62. The number of hydrogen-bond acceptors (Lipinski definition) is 3. The van der Waals surface area contributed by atoms with Gasteiger partial charge in [-0.05, 0) is 54.2 Å². The normalized spacial score (nSPS) is 10.0. The molecular weight excluding hydrogens is 344 g/mol. The Labute approximate surface area is 157 Å². The summed E-state index contributed by atoms with van der Waals surface area (Å²) in [6.45, 7) is 0.484. The van der Waals surface area contributed by atoms with Crippen molar-refractivity contribution in [1.29, 1.82) is 0 Å². The number of benzene rings is 3. The molecule has 0 bridgehead atoms. The number of rotatable bonds is 5. The smallest absolute Gasteiger partial charge is 0.257 e. The van der Waals surface area contributed by atoms with Gasteiger partial charge in [0, 0.05) is 11.3 Å². The molecule has 2 N–H and O–H groups in total. The molecule has 0 spiro atoms. The highest BCUT2D eigenvalue weighted by Gasteiger charge is 2.08. The average molecular weight is 362 g/mol. The lowest BCUT2D eigenvalue weighted by atomic mass is 10.2. The summed E-state index contributed by atoms with van der Waals surface area (Å²) in [6, 6.07) is 26.3.